The van der Waals surface area contributed by atoms with Gasteiger partial charge in [0, 0.05) is 18.1 Å². The summed E-state index contributed by atoms with van der Waals surface area (Å²) in [7, 11) is 0. The third-order valence-electron chi connectivity index (χ3n) is 4.10. The van der Waals surface area contributed by atoms with E-state index in [1.807, 2.05) is 11.8 Å². The van der Waals surface area contributed by atoms with Crippen LogP contribution in [0.2, 0.25) is 0 Å². The van der Waals surface area contributed by atoms with Crippen molar-refractivity contribution in [1.82, 2.24) is 4.90 Å². The Morgan fingerprint density at radius 3 is 2.69 bits per heavy atom. The van der Waals surface area contributed by atoms with Gasteiger partial charge in [-0.05, 0) is 36.8 Å². The molecule has 0 aliphatic carbocycles. The van der Waals surface area contributed by atoms with Crippen LogP contribution in [0.4, 0.5) is 5.69 Å². The minimum atomic E-state index is 0.225. The molecule has 0 radical (unpaired) electrons. The number of thiocarbonyl (C=S) groups is 1. The lowest BCUT2D eigenvalue weighted by Gasteiger charge is -2.39. The molecule has 1 heterocycles. The summed E-state index contributed by atoms with van der Waals surface area (Å²) in [5, 5.41) is 1.03. The van der Waals surface area contributed by atoms with Gasteiger partial charge in [-0.3, -0.25) is 0 Å². The number of nitrogens with zero attached hydrogens (tertiary/aromatic N) is 2. The van der Waals surface area contributed by atoms with Gasteiger partial charge in [0.15, 0.2) is 5.17 Å². The Hall–Kier alpha value is -0.780. The molecule has 2 rings (SSSR count). The second-order valence-corrected chi connectivity index (χ2v) is 10.6. The smallest absolute Gasteiger partial charge is 0.169 e. The van der Waals surface area contributed by atoms with E-state index in [4.69, 9.17) is 17.2 Å². The van der Waals surface area contributed by atoms with Crippen molar-refractivity contribution in [3.8, 4) is 0 Å². The first-order valence-electron chi connectivity index (χ1n) is 9.08. The minimum absolute atomic E-state index is 0.225. The molecular weight excluding hydrogens is 376 g/mol. The van der Waals surface area contributed by atoms with Crippen molar-refractivity contribution >= 4 is 50.9 Å². The molecule has 0 spiro atoms. The van der Waals surface area contributed by atoms with Crippen LogP contribution in [-0.4, -0.2) is 32.4 Å². The SMILES string of the molecule is CC(C)=CCSC(=S)N1CC(C)(C)CSC1=Nc1ccccc1C(C)C. The molecule has 5 heteroatoms. The number of hydrogen-bond donors (Lipinski definition) is 0. The molecule has 0 saturated carbocycles. The third-order valence-corrected chi connectivity index (χ3v) is 6.97. The topological polar surface area (TPSA) is 15.6 Å². The Morgan fingerprint density at radius 1 is 1.35 bits per heavy atom. The summed E-state index contributed by atoms with van der Waals surface area (Å²) in [6.07, 6.45) is 2.23. The highest BCUT2D eigenvalue weighted by Gasteiger charge is 2.33. The summed E-state index contributed by atoms with van der Waals surface area (Å²) >= 11 is 9.32. The van der Waals surface area contributed by atoms with Gasteiger partial charge < -0.3 is 4.90 Å². The molecule has 0 atom stereocenters. The number of rotatable bonds is 4. The van der Waals surface area contributed by atoms with Crippen LogP contribution in [0.1, 0.15) is 53.0 Å². The van der Waals surface area contributed by atoms with Gasteiger partial charge in [-0.2, -0.15) is 0 Å². The van der Waals surface area contributed by atoms with Crippen molar-refractivity contribution in [2.45, 2.75) is 47.5 Å². The van der Waals surface area contributed by atoms with Gasteiger partial charge in [-0.25, -0.2) is 4.99 Å². The molecule has 2 nitrogen and oxygen atoms in total. The lowest BCUT2D eigenvalue weighted by atomic mass is 9.96. The fourth-order valence-corrected chi connectivity index (χ4v) is 5.08. The molecular formula is C21H30N2S3. The molecule has 0 bridgehead atoms. The van der Waals surface area contributed by atoms with E-state index in [-0.39, 0.29) is 5.41 Å². The van der Waals surface area contributed by atoms with Crippen LogP contribution in [0.3, 0.4) is 0 Å². The molecule has 0 N–H and O–H groups in total. The predicted molar refractivity (Wildman–Crippen MR) is 125 cm³/mol. The van der Waals surface area contributed by atoms with E-state index in [0.717, 1.165) is 33.2 Å². The average Bonchev–Trinajstić information content (AvgIpc) is 2.56. The van der Waals surface area contributed by atoms with Crippen LogP contribution in [0.15, 0.2) is 40.9 Å². The van der Waals surface area contributed by atoms with Gasteiger partial charge >= 0.3 is 0 Å². The van der Waals surface area contributed by atoms with Gasteiger partial charge in [-0.15, -0.1) is 0 Å². The summed E-state index contributed by atoms with van der Waals surface area (Å²) in [5.41, 5.74) is 3.90. The lowest BCUT2D eigenvalue weighted by molar-refractivity contribution is 0.348. The number of thioether (sulfide) groups is 2. The number of benzene rings is 1. The second-order valence-electron chi connectivity index (χ2n) is 8.01. The number of allylic oxidation sites excluding steroid dienone is 1. The van der Waals surface area contributed by atoms with Crippen LogP contribution >= 0.6 is 35.7 Å². The van der Waals surface area contributed by atoms with Gasteiger partial charge in [0.25, 0.3) is 0 Å². The molecule has 0 unspecified atom stereocenters. The van der Waals surface area contributed by atoms with Crippen molar-refractivity contribution in [2.24, 2.45) is 10.4 Å². The monoisotopic (exact) mass is 406 g/mol. The summed E-state index contributed by atoms with van der Waals surface area (Å²) in [4.78, 5) is 7.28. The maximum atomic E-state index is 5.77. The average molecular weight is 407 g/mol. The molecule has 142 valence electrons. The standard InChI is InChI=1S/C21H30N2S3/c1-15(2)11-12-25-20(24)23-13-21(5,6)14-26-19(23)22-18-10-8-7-9-17(18)16(3)4/h7-11,16H,12-14H2,1-6H3. The normalized spacial score (nSPS) is 18.3. The van der Waals surface area contributed by atoms with Crippen molar-refractivity contribution in [2.75, 3.05) is 18.1 Å². The molecule has 1 fully saturated rings. The molecule has 0 aromatic heterocycles. The highest BCUT2D eigenvalue weighted by Crippen LogP contribution is 2.36. The van der Waals surface area contributed by atoms with Crippen LogP contribution in [0, 0.1) is 5.41 Å². The Labute approximate surface area is 172 Å². The number of para-hydroxylation sites is 1. The third kappa shape index (κ3) is 6.14. The number of hydrogen-bond acceptors (Lipinski definition) is 4. The fraction of sp³-hybridized carbons (Fsp3) is 0.524. The molecule has 1 aromatic rings. The molecule has 1 saturated heterocycles. The van der Waals surface area contributed by atoms with Gasteiger partial charge in [0.2, 0.25) is 0 Å². The molecule has 1 aliphatic heterocycles. The quantitative estimate of drug-likeness (QED) is 0.401. The number of aliphatic imine (C=N–C) groups is 1. The zero-order chi connectivity index (χ0) is 19.3. The Morgan fingerprint density at radius 2 is 2.04 bits per heavy atom. The largest absolute Gasteiger partial charge is 0.306 e. The molecule has 0 amide bonds. The van der Waals surface area contributed by atoms with E-state index in [2.05, 4.69) is 76.8 Å². The summed E-state index contributed by atoms with van der Waals surface area (Å²) in [6, 6.07) is 8.44. The Balaban J connectivity index is 2.29. The summed E-state index contributed by atoms with van der Waals surface area (Å²) < 4.78 is 0.920. The molecule has 1 aromatic carbocycles. The van der Waals surface area contributed by atoms with Crippen LogP contribution in [0.5, 0.6) is 0 Å². The number of amidine groups is 1. The van der Waals surface area contributed by atoms with E-state index >= 15 is 0 Å². The highest BCUT2D eigenvalue weighted by atomic mass is 32.2. The summed E-state index contributed by atoms with van der Waals surface area (Å²) in [5.74, 6) is 2.43. The van der Waals surface area contributed by atoms with Crippen LogP contribution in [0.25, 0.3) is 0 Å². The first kappa shape index (κ1) is 21.5. The van der Waals surface area contributed by atoms with E-state index in [9.17, 15) is 0 Å². The van der Waals surface area contributed by atoms with E-state index in [1.165, 1.54) is 11.1 Å². The first-order valence-corrected chi connectivity index (χ1v) is 11.5. The van der Waals surface area contributed by atoms with Gasteiger partial charge in [0.05, 0.1) is 5.69 Å². The van der Waals surface area contributed by atoms with Gasteiger partial charge in [-0.1, -0.05) is 93.3 Å². The maximum Gasteiger partial charge on any atom is 0.169 e. The Bertz CT molecular complexity index is 701. The highest BCUT2D eigenvalue weighted by molar-refractivity contribution is 8.23. The van der Waals surface area contributed by atoms with E-state index in [1.54, 1.807) is 11.8 Å². The predicted octanol–water partition coefficient (Wildman–Crippen LogP) is 6.86. The van der Waals surface area contributed by atoms with Crippen LogP contribution in [-0.2, 0) is 0 Å². The van der Waals surface area contributed by atoms with E-state index < -0.39 is 0 Å². The zero-order valence-corrected chi connectivity index (χ0v) is 19.2. The van der Waals surface area contributed by atoms with E-state index in [0.29, 0.717) is 5.92 Å². The lowest BCUT2D eigenvalue weighted by Crippen LogP contribution is -2.45. The minimum Gasteiger partial charge on any atom is -0.306 e. The fourth-order valence-electron chi connectivity index (χ4n) is 2.65. The van der Waals surface area contributed by atoms with Crippen molar-refractivity contribution in [3.63, 3.8) is 0 Å². The molecule has 1 aliphatic rings. The van der Waals surface area contributed by atoms with Crippen molar-refractivity contribution in [3.05, 3.63) is 41.5 Å². The zero-order valence-electron chi connectivity index (χ0n) is 16.7. The molecule has 26 heavy (non-hydrogen) atoms. The van der Waals surface area contributed by atoms with Gasteiger partial charge in [0.1, 0.15) is 4.32 Å². The summed E-state index contributed by atoms with van der Waals surface area (Å²) in [6.45, 7) is 14.2. The first-order chi connectivity index (χ1) is 12.2. The van der Waals surface area contributed by atoms with Crippen molar-refractivity contribution < 1.29 is 0 Å². The Kier molecular flexibility index (Phi) is 7.80. The van der Waals surface area contributed by atoms with Crippen molar-refractivity contribution in [1.29, 1.82) is 0 Å². The maximum absolute atomic E-state index is 5.77. The van der Waals surface area contributed by atoms with Crippen LogP contribution < -0.4 is 0 Å². The second kappa shape index (κ2) is 9.43.